The molecule has 2 aliphatic heterocycles. The summed E-state index contributed by atoms with van der Waals surface area (Å²) in [5.74, 6) is -1.11. The van der Waals surface area contributed by atoms with Crippen molar-refractivity contribution in [1.29, 1.82) is 0 Å². The summed E-state index contributed by atoms with van der Waals surface area (Å²) in [5.41, 5.74) is 5.38. The first-order valence-corrected chi connectivity index (χ1v) is 13.9. The van der Waals surface area contributed by atoms with E-state index in [1.807, 2.05) is 0 Å². The molecule has 1 aliphatic carbocycles. The van der Waals surface area contributed by atoms with Gasteiger partial charge in [-0.3, -0.25) is 0 Å². The maximum atomic E-state index is 11.0. The van der Waals surface area contributed by atoms with Crippen LogP contribution in [0.25, 0.3) is 0 Å². The monoisotopic (exact) mass is 583 g/mol. The molecule has 15 heteroatoms. The average molecular weight is 584 g/mol. The van der Waals surface area contributed by atoms with Crippen LogP contribution in [-0.4, -0.2) is 164 Å². The number of aliphatic hydroxyl groups is 9. The van der Waals surface area contributed by atoms with E-state index in [1.54, 1.807) is 13.8 Å². The molecule has 2 saturated heterocycles. The van der Waals surface area contributed by atoms with Crippen molar-refractivity contribution in [2.45, 2.75) is 106 Å². The summed E-state index contributed by atoms with van der Waals surface area (Å²) >= 11 is 0. The lowest BCUT2D eigenvalue weighted by molar-refractivity contribution is -0.290. The molecule has 0 amide bonds. The van der Waals surface area contributed by atoms with Crippen LogP contribution in [0.3, 0.4) is 0 Å². The molecular weight excluding hydrogens is 534 g/mol. The van der Waals surface area contributed by atoms with E-state index in [2.05, 4.69) is 10.6 Å². The maximum absolute atomic E-state index is 11.0. The second-order valence-electron chi connectivity index (χ2n) is 11.8. The summed E-state index contributed by atoms with van der Waals surface area (Å²) in [6, 6.07) is -1.81. The number of ether oxygens (including phenoxy) is 3. The van der Waals surface area contributed by atoms with Gasteiger partial charge in [0.1, 0.15) is 24.4 Å². The lowest BCUT2D eigenvalue weighted by atomic mass is 9.68. The van der Waals surface area contributed by atoms with E-state index in [0.717, 1.165) is 0 Å². The zero-order valence-electron chi connectivity index (χ0n) is 23.1. The van der Waals surface area contributed by atoms with Gasteiger partial charge in [0.05, 0.1) is 62.5 Å². The van der Waals surface area contributed by atoms with Crippen molar-refractivity contribution < 1.29 is 60.2 Å². The molecule has 13 N–H and O–H groups in total. The fourth-order valence-electron chi connectivity index (χ4n) is 6.14. The lowest BCUT2D eigenvalue weighted by Gasteiger charge is -2.52. The minimum Gasteiger partial charge on any atom is -0.395 e. The molecule has 0 aromatic carbocycles. The first kappa shape index (κ1) is 33.9. The van der Waals surface area contributed by atoms with E-state index in [1.165, 1.54) is 0 Å². The first-order valence-electron chi connectivity index (χ1n) is 13.9. The van der Waals surface area contributed by atoms with Gasteiger partial charge in [-0.25, -0.2) is 0 Å². The van der Waals surface area contributed by atoms with Gasteiger partial charge in [-0.15, -0.1) is 0 Å². The first-order chi connectivity index (χ1) is 18.8. The summed E-state index contributed by atoms with van der Waals surface area (Å²) in [7, 11) is 0. The molecule has 2 heterocycles. The van der Waals surface area contributed by atoms with Crippen molar-refractivity contribution in [1.82, 2.24) is 10.6 Å². The molecule has 0 spiro atoms. The Morgan fingerprint density at radius 3 is 2.33 bits per heavy atom. The van der Waals surface area contributed by atoms with Crippen molar-refractivity contribution >= 4 is 0 Å². The molecule has 2 unspecified atom stereocenters. The molecule has 0 bridgehead atoms. The smallest absolute Gasteiger partial charge is 0.184 e. The van der Waals surface area contributed by atoms with Gasteiger partial charge in [0.2, 0.25) is 0 Å². The molecule has 15 nitrogen and oxygen atoms in total. The molecule has 1 saturated carbocycles. The van der Waals surface area contributed by atoms with E-state index >= 15 is 0 Å². The maximum Gasteiger partial charge on any atom is 0.184 e. The number of hydrogen-bond acceptors (Lipinski definition) is 15. The molecule has 3 rings (SSSR count). The molecule has 0 radical (unpaired) electrons. The summed E-state index contributed by atoms with van der Waals surface area (Å²) in [5, 5.41) is 97.0. The van der Waals surface area contributed by atoms with E-state index in [-0.39, 0.29) is 45.8 Å². The molecule has 236 valence electrons. The molecular formula is C25H49N3O12. The highest BCUT2D eigenvalue weighted by Gasteiger charge is 2.54. The fourth-order valence-corrected chi connectivity index (χ4v) is 6.14. The second-order valence-corrected chi connectivity index (χ2v) is 11.8. The lowest BCUT2D eigenvalue weighted by Crippen LogP contribution is -2.68. The normalized spacial score (nSPS) is 45.5. The van der Waals surface area contributed by atoms with Gasteiger partial charge < -0.3 is 76.5 Å². The number of hydrogen-bond donors (Lipinski definition) is 12. The third kappa shape index (κ3) is 8.06. The van der Waals surface area contributed by atoms with Crippen LogP contribution in [0, 0.1) is 11.8 Å². The predicted octanol–water partition coefficient (Wildman–Crippen LogP) is -5.68. The topological polar surface area (TPSA) is 260 Å². The van der Waals surface area contributed by atoms with Crippen LogP contribution in [0.5, 0.6) is 0 Å². The highest BCUT2D eigenvalue weighted by Crippen LogP contribution is 2.40. The highest BCUT2D eigenvalue weighted by molar-refractivity contribution is 5.05. The minimum absolute atomic E-state index is 0.00959. The molecule has 3 aliphatic rings. The zero-order chi connectivity index (χ0) is 29.8. The van der Waals surface area contributed by atoms with Gasteiger partial charge in [0.25, 0.3) is 0 Å². The summed E-state index contributed by atoms with van der Waals surface area (Å²) in [4.78, 5) is 0. The third-order valence-corrected chi connectivity index (χ3v) is 8.31. The SMILES string of the molecule is C[C@H]1C([C@H]2O[C@H](CNCC(O)CO)[C@@H](O)[C@H](O)[C@H]2O)[C@@H](N)C[C@@H](NC(CO)CO)[C@@H]1O[C@H]1OC[C@](C)(O)C[C@H]1O. The largest absolute Gasteiger partial charge is 0.395 e. The Morgan fingerprint density at radius 1 is 1.05 bits per heavy atom. The predicted molar refractivity (Wildman–Crippen MR) is 139 cm³/mol. The standard InChI is InChI=1S/C25H49N3O12/c1-11-18(23-21(36)20(35)19(34)17(39-23)6-27-5-13(32)9-31)14(26)3-15(28-12(7-29)8-30)22(11)40-24-16(33)4-25(2,37)10-38-24/h11-24,27-37H,3-10,26H2,1-2H3/t11-,13?,14-,15+,16+,17+,18?,19+,20-,21+,22+,23+,24+,25+/m0/s1. The third-order valence-electron chi connectivity index (χ3n) is 8.31. The Bertz CT molecular complexity index is 765. The Balaban J connectivity index is 1.82. The molecule has 0 aromatic rings. The minimum atomic E-state index is -1.55. The van der Waals surface area contributed by atoms with Crippen molar-refractivity contribution in [3.8, 4) is 0 Å². The highest BCUT2D eigenvalue weighted by atomic mass is 16.7. The van der Waals surface area contributed by atoms with Crippen LogP contribution in [0.2, 0.25) is 0 Å². The van der Waals surface area contributed by atoms with E-state index < -0.39 is 97.3 Å². The number of aliphatic hydroxyl groups excluding tert-OH is 8. The van der Waals surface area contributed by atoms with Gasteiger partial charge in [-0.05, 0) is 19.3 Å². The second kappa shape index (κ2) is 14.7. The zero-order valence-corrected chi connectivity index (χ0v) is 23.1. The van der Waals surface area contributed by atoms with Crippen LogP contribution >= 0.6 is 0 Å². The van der Waals surface area contributed by atoms with Gasteiger partial charge in [0.15, 0.2) is 6.29 Å². The molecule has 0 aromatic heterocycles. The quantitative estimate of drug-likeness (QED) is 0.102. The van der Waals surface area contributed by atoms with Crippen molar-refractivity contribution in [2.24, 2.45) is 17.6 Å². The van der Waals surface area contributed by atoms with E-state index in [9.17, 15) is 40.9 Å². The van der Waals surface area contributed by atoms with Crippen LogP contribution in [0.4, 0.5) is 0 Å². The van der Waals surface area contributed by atoms with Crippen LogP contribution in [0.15, 0.2) is 0 Å². The van der Waals surface area contributed by atoms with Crippen molar-refractivity contribution in [2.75, 3.05) is 39.5 Å². The van der Waals surface area contributed by atoms with Crippen LogP contribution in [0.1, 0.15) is 26.7 Å². The Hall–Kier alpha value is -0.600. The van der Waals surface area contributed by atoms with Gasteiger partial charge >= 0.3 is 0 Å². The average Bonchev–Trinajstić information content (AvgIpc) is 2.90. The summed E-state index contributed by atoms with van der Waals surface area (Å²) in [6.07, 6.45) is -10.2. The van der Waals surface area contributed by atoms with Crippen molar-refractivity contribution in [3.05, 3.63) is 0 Å². The Morgan fingerprint density at radius 2 is 1.73 bits per heavy atom. The van der Waals surface area contributed by atoms with Gasteiger partial charge in [-0.2, -0.15) is 0 Å². The summed E-state index contributed by atoms with van der Waals surface area (Å²) in [6.45, 7) is 2.14. The Kier molecular flexibility index (Phi) is 12.5. The van der Waals surface area contributed by atoms with E-state index in [4.69, 9.17) is 25.1 Å². The van der Waals surface area contributed by atoms with E-state index in [0.29, 0.717) is 0 Å². The van der Waals surface area contributed by atoms with Crippen LogP contribution < -0.4 is 16.4 Å². The fraction of sp³-hybridized carbons (Fsp3) is 1.00. The number of nitrogens with one attached hydrogen (secondary N) is 2. The Labute approximate surface area is 233 Å². The van der Waals surface area contributed by atoms with Gasteiger partial charge in [-0.1, -0.05) is 6.92 Å². The molecule has 40 heavy (non-hydrogen) atoms. The number of rotatable bonds is 12. The summed E-state index contributed by atoms with van der Waals surface area (Å²) < 4.78 is 18.0. The van der Waals surface area contributed by atoms with Gasteiger partial charge in [0, 0.05) is 37.5 Å². The van der Waals surface area contributed by atoms with Crippen LogP contribution in [-0.2, 0) is 14.2 Å². The number of nitrogens with two attached hydrogens (primary N) is 1. The molecule has 14 atom stereocenters. The molecule has 3 fully saturated rings. The van der Waals surface area contributed by atoms with Crippen molar-refractivity contribution in [3.63, 3.8) is 0 Å².